The summed E-state index contributed by atoms with van der Waals surface area (Å²) in [4.78, 5) is 13.3. The number of amides is 1. The van der Waals surface area contributed by atoms with Crippen LogP contribution in [0.15, 0.2) is 30.3 Å². The summed E-state index contributed by atoms with van der Waals surface area (Å²) in [7, 11) is -3.21. The number of piperidine rings is 2. The Labute approximate surface area is 156 Å². The number of hydrogen-bond donors (Lipinski definition) is 2. The van der Waals surface area contributed by atoms with Crippen molar-refractivity contribution in [2.24, 2.45) is 0 Å². The van der Waals surface area contributed by atoms with E-state index in [1.165, 1.54) is 4.31 Å². The predicted molar refractivity (Wildman–Crippen MR) is 102 cm³/mol. The fourth-order valence-corrected chi connectivity index (χ4v) is 5.13. The summed E-state index contributed by atoms with van der Waals surface area (Å²) >= 11 is 0. The average Bonchev–Trinajstić information content (AvgIpc) is 2.69. The van der Waals surface area contributed by atoms with Crippen molar-refractivity contribution in [3.05, 3.63) is 35.9 Å². The number of carbonyl (C=O) groups is 1. The third-order valence-corrected chi connectivity index (χ3v) is 7.65. The fraction of sp³-hybridized carbons (Fsp3) is 0.632. The molecule has 2 aliphatic rings. The molecule has 0 bridgehead atoms. The second-order valence-electron chi connectivity index (χ2n) is 7.25. The molecule has 1 aromatic rings. The molecule has 6 nitrogen and oxygen atoms in total. The third kappa shape index (κ3) is 3.94. The van der Waals surface area contributed by atoms with E-state index >= 15 is 0 Å². The van der Waals surface area contributed by atoms with Gasteiger partial charge in [-0.05, 0) is 51.3 Å². The Balaban J connectivity index is 1.81. The van der Waals surface area contributed by atoms with E-state index in [1.807, 2.05) is 30.3 Å². The monoisotopic (exact) mass is 379 g/mol. The van der Waals surface area contributed by atoms with Gasteiger partial charge in [-0.15, -0.1) is 0 Å². The smallest absolute Gasteiger partial charge is 0.230 e. The molecule has 3 rings (SSSR count). The molecule has 0 aliphatic carbocycles. The highest BCUT2D eigenvalue weighted by Gasteiger charge is 2.45. The number of sulfonamides is 1. The van der Waals surface area contributed by atoms with Crippen LogP contribution < -0.4 is 10.6 Å². The van der Waals surface area contributed by atoms with Crippen LogP contribution in [0.1, 0.15) is 38.2 Å². The molecule has 1 amide bonds. The maximum atomic E-state index is 13.3. The highest BCUT2D eigenvalue weighted by molar-refractivity contribution is 7.89. The van der Waals surface area contributed by atoms with E-state index in [2.05, 4.69) is 10.6 Å². The van der Waals surface area contributed by atoms with E-state index in [-0.39, 0.29) is 17.7 Å². The fourth-order valence-electron chi connectivity index (χ4n) is 4.02. The second kappa shape index (κ2) is 8.06. The summed E-state index contributed by atoms with van der Waals surface area (Å²) < 4.78 is 25.9. The summed E-state index contributed by atoms with van der Waals surface area (Å²) in [5, 5.41) is 6.56. The molecule has 2 N–H and O–H groups in total. The van der Waals surface area contributed by atoms with Crippen LogP contribution in [0, 0.1) is 0 Å². The summed E-state index contributed by atoms with van der Waals surface area (Å²) in [5.74, 6) is 0.149. The minimum Gasteiger partial charge on any atom is -0.352 e. The number of nitrogens with zero attached hydrogens (tertiary/aromatic N) is 1. The van der Waals surface area contributed by atoms with Crippen LogP contribution in [0.5, 0.6) is 0 Å². The van der Waals surface area contributed by atoms with E-state index in [1.54, 1.807) is 6.92 Å². The van der Waals surface area contributed by atoms with E-state index in [4.69, 9.17) is 0 Å². The van der Waals surface area contributed by atoms with Gasteiger partial charge in [0.1, 0.15) is 0 Å². The van der Waals surface area contributed by atoms with E-state index in [0.717, 1.165) is 31.5 Å². The molecular weight excluding hydrogens is 350 g/mol. The van der Waals surface area contributed by atoms with Gasteiger partial charge in [-0.1, -0.05) is 30.3 Å². The van der Waals surface area contributed by atoms with Gasteiger partial charge >= 0.3 is 0 Å². The van der Waals surface area contributed by atoms with Crippen molar-refractivity contribution in [3.63, 3.8) is 0 Å². The van der Waals surface area contributed by atoms with Gasteiger partial charge < -0.3 is 10.6 Å². The van der Waals surface area contributed by atoms with Crippen LogP contribution in [0.25, 0.3) is 0 Å². The first-order valence-electron chi connectivity index (χ1n) is 9.53. The van der Waals surface area contributed by atoms with Crippen molar-refractivity contribution in [2.45, 2.75) is 44.1 Å². The molecule has 0 unspecified atom stereocenters. The average molecular weight is 380 g/mol. The number of nitrogens with one attached hydrogen (secondary N) is 2. The van der Waals surface area contributed by atoms with Crippen LogP contribution in [0.4, 0.5) is 0 Å². The molecule has 0 spiro atoms. The van der Waals surface area contributed by atoms with Crippen molar-refractivity contribution < 1.29 is 13.2 Å². The van der Waals surface area contributed by atoms with Gasteiger partial charge in [0.05, 0.1) is 11.2 Å². The Bertz CT molecular complexity index is 707. The quantitative estimate of drug-likeness (QED) is 0.807. The number of benzene rings is 1. The standard InChI is InChI=1S/C19H29N3O3S/c1-2-26(24,25)22-14-10-19(11-15-22,16-6-4-3-5-7-16)18(23)21-17-8-12-20-13-9-17/h3-7,17,20H,2,8-15H2,1H3,(H,21,23). The summed E-state index contributed by atoms with van der Waals surface area (Å²) in [5.41, 5.74) is 0.339. The molecule has 2 fully saturated rings. The van der Waals surface area contributed by atoms with E-state index in [0.29, 0.717) is 25.9 Å². The topological polar surface area (TPSA) is 78.5 Å². The summed E-state index contributed by atoms with van der Waals surface area (Å²) in [6, 6.07) is 10.0. The van der Waals surface area contributed by atoms with Gasteiger partial charge in [0, 0.05) is 19.1 Å². The lowest BCUT2D eigenvalue weighted by Gasteiger charge is -2.41. The van der Waals surface area contributed by atoms with E-state index in [9.17, 15) is 13.2 Å². The molecule has 0 radical (unpaired) electrons. The van der Waals surface area contributed by atoms with Gasteiger partial charge in [-0.3, -0.25) is 4.79 Å². The molecule has 2 heterocycles. The normalized spacial score (nSPS) is 22.0. The summed E-state index contributed by atoms with van der Waals surface area (Å²) in [6.45, 7) is 4.30. The highest BCUT2D eigenvalue weighted by atomic mass is 32.2. The second-order valence-corrected chi connectivity index (χ2v) is 9.50. The van der Waals surface area contributed by atoms with Gasteiger partial charge in [0.15, 0.2) is 0 Å². The minimum absolute atomic E-state index is 0.0455. The van der Waals surface area contributed by atoms with Crippen LogP contribution in [0.2, 0.25) is 0 Å². The first-order chi connectivity index (χ1) is 12.5. The molecule has 26 heavy (non-hydrogen) atoms. The molecule has 0 aromatic heterocycles. The maximum Gasteiger partial charge on any atom is 0.230 e. The zero-order chi connectivity index (χ0) is 18.6. The Morgan fingerprint density at radius 2 is 1.81 bits per heavy atom. The van der Waals surface area contributed by atoms with Gasteiger partial charge in [-0.2, -0.15) is 0 Å². The Hall–Kier alpha value is -1.44. The SMILES string of the molecule is CCS(=O)(=O)N1CCC(C(=O)NC2CCNCC2)(c2ccccc2)CC1. The summed E-state index contributed by atoms with van der Waals surface area (Å²) in [6.07, 6.45) is 2.92. The third-order valence-electron chi connectivity index (χ3n) is 5.77. The highest BCUT2D eigenvalue weighted by Crippen LogP contribution is 2.37. The van der Waals surface area contributed by atoms with Gasteiger partial charge in [-0.25, -0.2) is 12.7 Å². The predicted octanol–water partition coefficient (Wildman–Crippen LogP) is 1.24. The van der Waals surface area contributed by atoms with Gasteiger partial charge in [0.2, 0.25) is 15.9 Å². The molecule has 1 aromatic carbocycles. The molecular formula is C19H29N3O3S. The Morgan fingerprint density at radius 1 is 1.19 bits per heavy atom. The van der Waals surface area contributed by atoms with Crippen LogP contribution in [-0.4, -0.2) is 56.6 Å². The number of hydrogen-bond acceptors (Lipinski definition) is 4. The minimum atomic E-state index is -3.21. The van der Waals surface area contributed by atoms with Crippen molar-refractivity contribution in [1.29, 1.82) is 0 Å². The lowest BCUT2D eigenvalue weighted by atomic mass is 9.72. The molecule has 7 heteroatoms. The van der Waals surface area contributed by atoms with Crippen molar-refractivity contribution in [2.75, 3.05) is 31.9 Å². The molecule has 2 saturated heterocycles. The number of rotatable bonds is 5. The zero-order valence-electron chi connectivity index (χ0n) is 15.4. The molecule has 144 valence electrons. The largest absolute Gasteiger partial charge is 0.352 e. The Kier molecular flexibility index (Phi) is 5.99. The van der Waals surface area contributed by atoms with Crippen molar-refractivity contribution >= 4 is 15.9 Å². The first kappa shape index (κ1) is 19.3. The van der Waals surface area contributed by atoms with Crippen molar-refractivity contribution in [1.82, 2.24) is 14.9 Å². The molecule has 0 atom stereocenters. The molecule has 0 saturated carbocycles. The zero-order valence-corrected chi connectivity index (χ0v) is 16.2. The first-order valence-corrected chi connectivity index (χ1v) is 11.1. The lowest BCUT2D eigenvalue weighted by Crippen LogP contribution is -2.55. The van der Waals surface area contributed by atoms with Crippen LogP contribution in [-0.2, 0) is 20.2 Å². The van der Waals surface area contributed by atoms with Crippen LogP contribution >= 0.6 is 0 Å². The van der Waals surface area contributed by atoms with Gasteiger partial charge in [0.25, 0.3) is 0 Å². The van der Waals surface area contributed by atoms with Crippen molar-refractivity contribution in [3.8, 4) is 0 Å². The van der Waals surface area contributed by atoms with E-state index < -0.39 is 15.4 Å². The number of carbonyl (C=O) groups excluding carboxylic acids is 1. The van der Waals surface area contributed by atoms with Crippen LogP contribution in [0.3, 0.4) is 0 Å². The Morgan fingerprint density at radius 3 is 2.38 bits per heavy atom. The molecule has 2 aliphatic heterocycles. The lowest BCUT2D eigenvalue weighted by molar-refractivity contribution is -0.129. The maximum absolute atomic E-state index is 13.3.